The standard InChI is InChI=1S/C12H20O3/c1-6-7-9-8(2)14-11(12(3,4)5)15-10(9)13/h7-8,11H,6H2,1-5H3/b9-7+/t8-,11-/m1/s1. The minimum absolute atomic E-state index is 0.171. The summed E-state index contributed by atoms with van der Waals surface area (Å²) in [4.78, 5) is 11.7. The molecule has 15 heavy (non-hydrogen) atoms. The molecular formula is C12H20O3. The van der Waals surface area contributed by atoms with Crippen molar-refractivity contribution in [3.63, 3.8) is 0 Å². The van der Waals surface area contributed by atoms with Crippen molar-refractivity contribution < 1.29 is 14.3 Å². The predicted molar refractivity (Wildman–Crippen MR) is 58.3 cm³/mol. The Morgan fingerprint density at radius 1 is 1.40 bits per heavy atom. The third-order valence-corrected chi connectivity index (χ3v) is 2.35. The molecule has 0 amide bonds. The molecule has 0 spiro atoms. The van der Waals surface area contributed by atoms with E-state index < -0.39 is 6.29 Å². The highest BCUT2D eigenvalue weighted by atomic mass is 16.7. The maximum atomic E-state index is 11.7. The number of cyclic esters (lactones) is 1. The van der Waals surface area contributed by atoms with Crippen molar-refractivity contribution >= 4 is 5.97 Å². The lowest BCUT2D eigenvalue weighted by Gasteiger charge is -2.36. The Labute approximate surface area is 91.4 Å². The van der Waals surface area contributed by atoms with Gasteiger partial charge in [0.25, 0.3) is 0 Å². The molecule has 1 aliphatic rings. The highest BCUT2D eigenvalue weighted by Crippen LogP contribution is 2.30. The quantitative estimate of drug-likeness (QED) is 0.495. The van der Waals surface area contributed by atoms with Crippen LogP contribution in [0.2, 0.25) is 0 Å². The van der Waals surface area contributed by atoms with Gasteiger partial charge in [-0.15, -0.1) is 0 Å². The molecular weight excluding hydrogens is 192 g/mol. The molecule has 1 aliphatic heterocycles. The average molecular weight is 212 g/mol. The summed E-state index contributed by atoms with van der Waals surface area (Å²) in [5, 5.41) is 0. The lowest BCUT2D eigenvalue weighted by molar-refractivity contribution is -0.225. The van der Waals surface area contributed by atoms with E-state index in [9.17, 15) is 4.79 Å². The fourth-order valence-corrected chi connectivity index (χ4v) is 1.47. The van der Waals surface area contributed by atoms with Crippen molar-refractivity contribution in [2.24, 2.45) is 5.41 Å². The van der Waals surface area contributed by atoms with Crippen LogP contribution in [0.25, 0.3) is 0 Å². The van der Waals surface area contributed by atoms with Gasteiger partial charge in [0.05, 0.1) is 11.7 Å². The second-order valence-electron chi connectivity index (χ2n) is 4.95. The zero-order chi connectivity index (χ0) is 11.6. The summed E-state index contributed by atoms with van der Waals surface area (Å²) < 4.78 is 10.9. The molecule has 3 heteroatoms. The monoisotopic (exact) mass is 212 g/mol. The van der Waals surface area contributed by atoms with Crippen LogP contribution in [0.3, 0.4) is 0 Å². The van der Waals surface area contributed by atoms with Crippen LogP contribution in [-0.2, 0) is 14.3 Å². The highest BCUT2D eigenvalue weighted by Gasteiger charge is 2.37. The van der Waals surface area contributed by atoms with E-state index >= 15 is 0 Å². The first kappa shape index (κ1) is 12.2. The summed E-state index contributed by atoms with van der Waals surface area (Å²) in [5.41, 5.74) is 0.458. The van der Waals surface area contributed by atoms with Gasteiger partial charge in [0.1, 0.15) is 0 Å². The Kier molecular flexibility index (Phi) is 3.55. The summed E-state index contributed by atoms with van der Waals surface area (Å²) >= 11 is 0. The van der Waals surface area contributed by atoms with Crippen LogP contribution in [0, 0.1) is 5.41 Å². The third kappa shape index (κ3) is 2.81. The van der Waals surface area contributed by atoms with Gasteiger partial charge >= 0.3 is 5.97 Å². The molecule has 0 bridgehead atoms. The van der Waals surface area contributed by atoms with Crippen molar-refractivity contribution in [1.29, 1.82) is 0 Å². The third-order valence-electron chi connectivity index (χ3n) is 2.35. The summed E-state index contributed by atoms with van der Waals surface area (Å²) in [6.45, 7) is 9.86. The second kappa shape index (κ2) is 4.35. The number of allylic oxidation sites excluding steroid dienone is 1. The van der Waals surface area contributed by atoms with Crippen molar-refractivity contribution in [1.82, 2.24) is 0 Å². The molecule has 1 saturated heterocycles. The van der Waals surface area contributed by atoms with Gasteiger partial charge in [-0.2, -0.15) is 0 Å². The fraction of sp³-hybridized carbons (Fsp3) is 0.750. The predicted octanol–water partition coefficient (Wildman–Crippen LogP) is 2.66. The van der Waals surface area contributed by atoms with E-state index in [0.717, 1.165) is 6.42 Å². The molecule has 0 saturated carbocycles. The minimum atomic E-state index is -0.450. The molecule has 3 nitrogen and oxygen atoms in total. The zero-order valence-electron chi connectivity index (χ0n) is 10.2. The lowest BCUT2D eigenvalue weighted by atomic mass is 9.94. The van der Waals surface area contributed by atoms with Crippen molar-refractivity contribution in [3.05, 3.63) is 11.6 Å². The van der Waals surface area contributed by atoms with E-state index in [1.54, 1.807) is 0 Å². The zero-order valence-corrected chi connectivity index (χ0v) is 10.2. The Bertz CT molecular complexity index is 273. The average Bonchev–Trinajstić information content (AvgIpc) is 2.09. The largest absolute Gasteiger partial charge is 0.432 e. The summed E-state index contributed by atoms with van der Waals surface area (Å²) in [6, 6.07) is 0. The molecule has 0 N–H and O–H groups in total. The molecule has 0 radical (unpaired) electrons. The van der Waals surface area contributed by atoms with Gasteiger partial charge in [-0.05, 0) is 13.3 Å². The summed E-state index contributed by atoms with van der Waals surface area (Å²) in [5.74, 6) is -0.240. The van der Waals surface area contributed by atoms with Gasteiger partial charge in [0.2, 0.25) is 6.29 Å². The van der Waals surface area contributed by atoms with Gasteiger partial charge in [-0.1, -0.05) is 33.8 Å². The maximum Gasteiger partial charge on any atom is 0.338 e. The number of carbonyl (C=O) groups excluding carboxylic acids is 1. The molecule has 1 heterocycles. The van der Waals surface area contributed by atoms with Crippen LogP contribution in [0.4, 0.5) is 0 Å². The first-order chi connectivity index (χ1) is 6.86. The van der Waals surface area contributed by atoms with Gasteiger partial charge < -0.3 is 9.47 Å². The summed E-state index contributed by atoms with van der Waals surface area (Å²) in [6.07, 6.45) is 2.06. The number of rotatable bonds is 1. The first-order valence-electron chi connectivity index (χ1n) is 5.42. The lowest BCUT2D eigenvalue weighted by Crippen LogP contribution is -2.43. The first-order valence-corrected chi connectivity index (χ1v) is 5.42. The van der Waals surface area contributed by atoms with Crippen LogP contribution < -0.4 is 0 Å². The van der Waals surface area contributed by atoms with Crippen LogP contribution in [0.5, 0.6) is 0 Å². The molecule has 0 aromatic heterocycles. The summed E-state index contributed by atoms with van der Waals surface area (Å²) in [7, 11) is 0. The maximum absolute atomic E-state index is 11.7. The smallest absolute Gasteiger partial charge is 0.338 e. The fourth-order valence-electron chi connectivity index (χ4n) is 1.47. The molecule has 2 atom stereocenters. The second-order valence-corrected chi connectivity index (χ2v) is 4.95. The molecule has 1 fully saturated rings. The van der Waals surface area contributed by atoms with E-state index in [0.29, 0.717) is 5.57 Å². The van der Waals surface area contributed by atoms with Gasteiger partial charge in [0, 0.05) is 5.41 Å². The Balaban J connectivity index is 2.80. The van der Waals surface area contributed by atoms with E-state index in [-0.39, 0.29) is 17.5 Å². The number of esters is 1. The topological polar surface area (TPSA) is 35.5 Å². The SMILES string of the molecule is CC/C=C1/C(=O)O[C@H](C(C)(C)C)O[C@@H]1C. The Morgan fingerprint density at radius 3 is 2.40 bits per heavy atom. The normalized spacial score (nSPS) is 30.5. The van der Waals surface area contributed by atoms with Crippen LogP contribution in [0.15, 0.2) is 11.6 Å². The van der Waals surface area contributed by atoms with E-state index in [4.69, 9.17) is 9.47 Å². The van der Waals surface area contributed by atoms with E-state index in [1.807, 2.05) is 40.7 Å². The van der Waals surface area contributed by atoms with Gasteiger partial charge in [-0.25, -0.2) is 4.79 Å². The Hall–Kier alpha value is -0.830. The van der Waals surface area contributed by atoms with Crippen LogP contribution in [0.1, 0.15) is 41.0 Å². The molecule has 1 rings (SSSR count). The van der Waals surface area contributed by atoms with Gasteiger partial charge in [-0.3, -0.25) is 0 Å². The van der Waals surface area contributed by atoms with Crippen molar-refractivity contribution in [2.45, 2.75) is 53.4 Å². The highest BCUT2D eigenvalue weighted by molar-refractivity contribution is 5.90. The van der Waals surface area contributed by atoms with Gasteiger partial charge in [0.15, 0.2) is 0 Å². The molecule has 0 aromatic carbocycles. The molecule has 0 aliphatic carbocycles. The van der Waals surface area contributed by atoms with Crippen molar-refractivity contribution in [3.8, 4) is 0 Å². The van der Waals surface area contributed by atoms with Crippen molar-refractivity contribution in [2.75, 3.05) is 0 Å². The number of hydrogen-bond acceptors (Lipinski definition) is 3. The Morgan fingerprint density at radius 2 is 2.00 bits per heavy atom. The minimum Gasteiger partial charge on any atom is -0.432 e. The molecule has 86 valence electrons. The number of hydrogen-bond donors (Lipinski definition) is 0. The van der Waals surface area contributed by atoms with Crippen LogP contribution >= 0.6 is 0 Å². The van der Waals surface area contributed by atoms with Crippen LogP contribution in [-0.4, -0.2) is 18.4 Å². The number of carbonyl (C=O) groups is 1. The number of ether oxygens (including phenoxy) is 2. The van der Waals surface area contributed by atoms with E-state index in [2.05, 4.69) is 0 Å². The molecule has 0 aromatic rings. The van der Waals surface area contributed by atoms with E-state index in [1.165, 1.54) is 0 Å². The molecule has 0 unspecified atom stereocenters.